The molecule has 1 heterocycles. The normalized spacial score (nSPS) is 16.5. The lowest BCUT2D eigenvalue weighted by Gasteiger charge is -2.20. The van der Waals surface area contributed by atoms with Crippen molar-refractivity contribution < 1.29 is 4.74 Å². The van der Waals surface area contributed by atoms with Crippen LogP contribution in [0.2, 0.25) is 10.0 Å². The number of rotatable bonds is 4. The smallest absolute Gasteiger partial charge is 0.114 e. The first-order chi connectivity index (χ1) is 8.22. The van der Waals surface area contributed by atoms with E-state index in [0.717, 1.165) is 30.9 Å². The van der Waals surface area contributed by atoms with Crippen molar-refractivity contribution >= 4 is 23.2 Å². The summed E-state index contributed by atoms with van der Waals surface area (Å²) in [5, 5.41) is 4.54. The molecule has 0 amide bonds. The van der Waals surface area contributed by atoms with Crippen LogP contribution in [0.15, 0.2) is 30.0 Å². The van der Waals surface area contributed by atoms with Crippen LogP contribution in [0.4, 0.5) is 0 Å². The molecule has 0 fully saturated rings. The Balaban J connectivity index is 2.28. The van der Waals surface area contributed by atoms with Crippen molar-refractivity contribution in [2.24, 2.45) is 0 Å². The minimum Gasteiger partial charge on any atom is -0.496 e. The van der Waals surface area contributed by atoms with Gasteiger partial charge in [-0.2, -0.15) is 0 Å². The van der Waals surface area contributed by atoms with Crippen LogP contribution in [-0.4, -0.2) is 13.2 Å². The molecular formula is C13H15Cl2NO. The Labute approximate surface area is 112 Å². The molecule has 1 unspecified atom stereocenters. The predicted molar refractivity (Wildman–Crippen MR) is 71.5 cm³/mol. The molecule has 0 spiro atoms. The Bertz CT molecular complexity index is 431. The summed E-state index contributed by atoms with van der Waals surface area (Å²) in [6, 6.07) is 5.75. The van der Waals surface area contributed by atoms with Crippen LogP contribution in [-0.2, 0) is 4.74 Å². The Kier molecular flexibility index (Phi) is 4.32. The monoisotopic (exact) mass is 271 g/mol. The SMILES string of the molecule is CCNC(C1=CCCO1)c1ccc(Cl)c(Cl)c1. The second-order valence-electron chi connectivity index (χ2n) is 3.91. The number of halogens is 2. The summed E-state index contributed by atoms with van der Waals surface area (Å²) in [6.45, 7) is 3.70. The summed E-state index contributed by atoms with van der Waals surface area (Å²) >= 11 is 12.0. The number of likely N-dealkylation sites (N-methyl/N-ethyl adjacent to an activating group) is 1. The van der Waals surface area contributed by atoms with E-state index >= 15 is 0 Å². The van der Waals surface area contributed by atoms with E-state index in [4.69, 9.17) is 27.9 Å². The van der Waals surface area contributed by atoms with E-state index in [1.54, 1.807) is 0 Å². The van der Waals surface area contributed by atoms with Gasteiger partial charge in [-0.3, -0.25) is 0 Å². The Hall–Kier alpha value is -0.700. The second-order valence-corrected chi connectivity index (χ2v) is 4.72. The molecular weight excluding hydrogens is 257 g/mol. The highest BCUT2D eigenvalue weighted by molar-refractivity contribution is 6.42. The molecule has 0 aromatic heterocycles. The zero-order valence-corrected chi connectivity index (χ0v) is 11.2. The van der Waals surface area contributed by atoms with Gasteiger partial charge in [-0.15, -0.1) is 0 Å². The predicted octanol–water partition coefficient (Wildman–Crippen LogP) is 3.95. The molecule has 2 rings (SSSR count). The molecule has 0 radical (unpaired) electrons. The Morgan fingerprint density at radius 2 is 2.18 bits per heavy atom. The van der Waals surface area contributed by atoms with Gasteiger partial charge < -0.3 is 10.1 Å². The van der Waals surface area contributed by atoms with Crippen LogP contribution in [0.1, 0.15) is 24.9 Å². The minimum atomic E-state index is 0.0669. The van der Waals surface area contributed by atoms with E-state index in [1.807, 2.05) is 18.2 Å². The van der Waals surface area contributed by atoms with E-state index in [9.17, 15) is 0 Å². The summed E-state index contributed by atoms with van der Waals surface area (Å²) in [5.41, 5.74) is 1.08. The fourth-order valence-electron chi connectivity index (χ4n) is 1.92. The standard InChI is InChI=1S/C13H15Cl2NO/c1-2-16-13(12-4-3-7-17-12)9-5-6-10(14)11(15)8-9/h4-6,8,13,16H,2-3,7H2,1H3. The first-order valence-electron chi connectivity index (χ1n) is 5.73. The number of nitrogens with one attached hydrogen (secondary N) is 1. The highest BCUT2D eigenvalue weighted by atomic mass is 35.5. The lowest BCUT2D eigenvalue weighted by atomic mass is 10.0. The third-order valence-electron chi connectivity index (χ3n) is 2.70. The van der Waals surface area contributed by atoms with Crippen LogP contribution in [0.5, 0.6) is 0 Å². The van der Waals surface area contributed by atoms with Gasteiger partial charge in [-0.1, -0.05) is 36.2 Å². The number of ether oxygens (including phenoxy) is 1. The van der Waals surface area contributed by atoms with Gasteiger partial charge in [0.15, 0.2) is 0 Å². The molecule has 0 aliphatic carbocycles. The van der Waals surface area contributed by atoms with E-state index in [-0.39, 0.29) is 6.04 Å². The van der Waals surface area contributed by atoms with E-state index < -0.39 is 0 Å². The molecule has 0 saturated carbocycles. The fourth-order valence-corrected chi connectivity index (χ4v) is 2.22. The summed E-state index contributed by atoms with van der Waals surface area (Å²) < 4.78 is 5.61. The van der Waals surface area contributed by atoms with Crippen molar-refractivity contribution in [2.75, 3.05) is 13.2 Å². The van der Waals surface area contributed by atoms with Gasteiger partial charge in [0, 0.05) is 6.42 Å². The molecule has 0 bridgehead atoms. The maximum Gasteiger partial charge on any atom is 0.114 e. The Morgan fingerprint density at radius 3 is 2.76 bits per heavy atom. The molecule has 1 aromatic rings. The summed E-state index contributed by atoms with van der Waals surface area (Å²) in [4.78, 5) is 0. The van der Waals surface area contributed by atoms with Crippen molar-refractivity contribution in [3.63, 3.8) is 0 Å². The second kappa shape index (κ2) is 5.76. The topological polar surface area (TPSA) is 21.3 Å². The lowest BCUT2D eigenvalue weighted by Crippen LogP contribution is -2.23. The van der Waals surface area contributed by atoms with E-state index in [0.29, 0.717) is 10.0 Å². The molecule has 17 heavy (non-hydrogen) atoms. The van der Waals surface area contributed by atoms with E-state index in [2.05, 4.69) is 18.3 Å². The number of hydrogen-bond donors (Lipinski definition) is 1. The zero-order chi connectivity index (χ0) is 12.3. The molecule has 1 aliphatic heterocycles. The van der Waals surface area contributed by atoms with Gasteiger partial charge in [0.25, 0.3) is 0 Å². The molecule has 1 N–H and O–H groups in total. The van der Waals surface area contributed by atoms with Crippen molar-refractivity contribution in [1.82, 2.24) is 5.32 Å². The van der Waals surface area contributed by atoms with Gasteiger partial charge in [-0.25, -0.2) is 0 Å². The molecule has 4 heteroatoms. The molecule has 2 nitrogen and oxygen atoms in total. The summed E-state index contributed by atoms with van der Waals surface area (Å²) in [5.74, 6) is 0.977. The van der Waals surface area contributed by atoms with Gasteiger partial charge in [0.05, 0.1) is 22.7 Å². The number of hydrogen-bond acceptors (Lipinski definition) is 2. The van der Waals surface area contributed by atoms with Gasteiger partial charge in [0.1, 0.15) is 5.76 Å². The van der Waals surface area contributed by atoms with Crippen molar-refractivity contribution in [1.29, 1.82) is 0 Å². The van der Waals surface area contributed by atoms with Crippen molar-refractivity contribution in [2.45, 2.75) is 19.4 Å². The highest BCUT2D eigenvalue weighted by Crippen LogP contribution is 2.30. The molecule has 0 saturated heterocycles. The average molecular weight is 272 g/mol. The van der Waals surface area contributed by atoms with Crippen LogP contribution in [0, 0.1) is 0 Å². The van der Waals surface area contributed by atoms with Gasteiger partial charge in [-0.05, 0) is 30.3 Å². The Morgan fingerprint density at radius 1 is 1.35 bits per heavy atom. The summed E-state index contributed by atoms with van der Waals surface area (Å²) in [7, 11) is 0. The highest BCUT2D eigenvalue weighted by Gasteiger charge is 2.20. The van der Waals surface area contributed by atoms with E-state index in [1.165, 1.54) is 0 Å². The van der Waals surface area contributed by atoms with Gasteiger partial charge >= 0.3 is 0 Å². The third-order valence-corrected chi connectivity index (χ3v) is 3.44. The van der Waals surface area contributed by atoms with Crippen LogP contribution in [0.25, 0.3) is 0 Å². The zero-order valence-electron chi connectivity index (χ0n) is 9.67. The molecule has 1 aliphatic rings. The molecule has 92 valence electrons. The van der Waals surface area contributed by atoms with Crippen LogP contribution in [0.3, 0.4) is 0 Å². The minimum absolute atomic E-state index is 0.0669. The largest absolute Gasteiger partial charge is 0.496 e. The first-order valence-corrected chi connectivity index (χ1v) is 6.49. The van der Waals surface area contributed by atoms with Crippen molar-refractivity contribution in [3.05, 3.63) is 45.6 Å². The first kappa shape index (κ1) is 12.7. The summed E-state index contributed by atoms with van der Waals surface area (Å²) in [6.07, 6.45) is 3.09. The van der Waals surface area contributed by atoms with Crippen molar-refractivity contribution in [3.8, 4) is 0 Å². The fraction of sp³-hybridized carbons (Fsp3) is 0.385. The quantitative estimate of drug-likeness (QED) is 0.896. The van der Waals surface area contributed by atoms with Crippen LogP contribution < -0.4 is 5.32 Å². The maximum absolute atomic E-state index is 6.04. The molecule has 1 aromatic carbocycles. The molecule has 1 atom stereocenters. The lowest BCUT2D eigenvalue weighted by molar-refractivity contribution is 0.216. The van der Waals surface area contributed by atoms with Crippen LogP contribution >= 0.6 is 23.2 Å². The average Bonchev–Trinajstić information content (AvgIpc) is 2.83. The maximum atomic E-state index is 6.04. The number of benzene rings is 1. The third kappa shape index (κ3) is 2.95. The van der Waals surface area contributed by atoms with Gasteiger partial charge in [0.2, 0.25) is 0 Å².